The van der Waals surface area contributed by atoms with Crippen molar-refractivity contribution in [1.82, 2.24) is 9.99 Å². The lowest BCUT2D eigenvalue weighted by Gasteiger charge is -2.16. The molecule has 0 saturated carbocycles. The molecule has 0 aliphatic rings. The van der Waals surface area contributed by atoms with Gasteiger partial charge in [-0.05, 0) is 24.6 Å². The number of nitrogens with two attached hydrogens (primary N) is 1. The fourth-order valence-corrected chi connectivity index (χ4v) is 1.78. The zero-order valence-electron chi connectivity index (χ0n) is 10.1. The molecule has 1 unspecified atom stereocenters. The van der Waals surface area contributed by atoms with Crippen LogP contribution in [0, 0.1) is 6.92 Å². The van der Waals surface area contributed by atoms with E-state index in [0.29, 0.717) is 5.89 Å². The van der Waals surface area contributed by atoms with Gasteiger partial charge in [0.05, 0.1) is 5.92 Å². The lowest BCUT2D eigenvalue weighted by atomic mass is 10.00. The third-order valence-electron chi connectivity index (χ3n) is 2.74. The fourth-order valence-electron chi connectivity index (χ4n) is 1.78. The van der Waals surface area contributed by atoms with E-state index in [-0.39, 0.29) is 11.8 Å². The molecule has 0 aliphatic carbocycles. The van der Waals surface area contributed by atoms with Crippen molar-refractivity contribution >= 4 is 17.0 Å². The Labute approximate surface area is 99.2 Å². The van der Waals surface area contributed by atoms with E-state index >= 15 is 0 Å². The van der Waals surface area contributed by atoms with Crippen molar-refractivity contribution in [1.29, 1.82) is 0 Å². The number of hydrazine groups is 1. The van der Waals surface area contributed by atoms with Crippen LogP contribution in [0.3, 0.4) is 0 Å². The SMILES string of the molecule is Cc1nc2cc(C(C)C(=O)N(C)N)ccc2o1. The quantitative estimate of drug-likeness (QED) is 0.485. The zero-order chi connectivity index (χ0) is 12.6. The number of amides is 1. The van der Waals surface area contributed by atoms with Crippen LogP contribution in [-0.4, -0.2) is 22.9 Å². The lowest BCUT2D eigenvalue weighted by Crippen LogP contribution is -2.36. The molecular formula is C12H15N3O2. The summed E-state index contributed by atoms with van der Waals surface area (Å²) in [6.45, 7) is 3.61. The summed E-state index contributed by atoms with van der Waals surface area (Å²) in [5.74, 6) is 5.64. The predicted molar refractivity (Wildman–Crippen MR) is 64.1 cm³/mol. The molecule has 1 heterocycles. The number of carbonyl (C=O) groups is 1. The number of hydrogen-bond donors (Lipinski definition) is 1. The van der Waals surface area contributed by atoms with E-state index in [9.17, 15) is 4.79 Å². The minimum atomic E-state index is -0.286. The van der Waals surface area contributed by atoms with Crippen molar-refractivity contribution in [2.45, 2.75) is 19.8 Å². The molecule has 1 aromatic heterocycles. The Morgan fingerprint density at radius 3 is 2.88 bits per heavy atom. The number of fused-ring (bicyclic) bond motifs is 1. The first kappa shape index (κ1) is 11.6. The first-order chi connectivity index (χ1) is 7.99. The number of hydrogen-bond acceptors (Lipinski definition) is 4. The van der Waals surface area contributed by atoms with Gasteiger partial charge in [-0.25, -0.2) is 10.8 Å². The minimum Gasteiger partial charge on any atom is -0.441 e. The summed E-state index contributed by atoms with van der Waals surface area (Å²) in [7, 11) is 1.54. The van der Waals surface area contributed by atoms with E-state index in [2.05, 4.69) is 4.98 Å². The Hall–Kier alpha value is -1.88. The van der Waals surface area contributed by atoms with Gasteiger partial charge in [-0.3, -0.25) is 9.80 Å². The van der Waals surface area contributed by atoms with Crippen LogP contribution >= 0.6 is 0 Å². The van der Waals surface area contributed by atoms with E-state index < -0.39 is 0 Å². The van der Waals surface area contributed by atoms with Crippen LogP contribution in [0.25, 0.3) is 11.1 Å². The molecule has 2 rings (SSSR count). The van der Waals surface area contributed by atoms with Crippen LogP contribution in [0.5, 0.6) is 0 Å². The van der Waals surface area contributed by atoms with Gasteiger partial charge in [-0.1, -0.05) is 6.07 Å². The number of likely N-dealkylation sites (N-methyl/N-ethyl adjacent to an activating group) is 1. The highest BCUT2D eigenvalue weighted by molar-refractivity contribution is 5.84. The summed E-state index contributed by atoms with van der Waals surface area (Å²) in [6, 6.07) is 5.54. The van der Waals surface area contributed by atoms with Crippen molar-refractivity contribution in [2.24, 2.45) is 5.84 Å². The Morgan fingerprint density at radius 2 is 2.24 bits per heavy atom. The summed E-state index contributed by atoms with van der Waals surface area (Å²) in [4.78, 5) is 16.0. The van der Waals surface area contributed by atoms with E-state index in [4.69, 9.17) is 10.3 Å². The minimum absolute atomic E-state index is 0.135. The highest BCUT2D eigenvalue weighted by Gasteiger charge is 2.18. The first-order valence-corrected chi connectivity index (χ1v) is 5.38. The number of aromatic nitrogens is 1. The standard InChI is InChI=1S/C12H15N3O2/c1-7(12(16)15(3)13)9-4-5-11-10(6-9)14-8(2)17-11/h4-7H,13H2,1-3H3. The van der Waals surface area contributed by atoms with Gasteiger partial charge in [-0.2, -0.15) is 0 Å². The highest BCUT2D eigenvalue weighted by atomic mass is 16.3. The van der Waals surface area contributed by atoms with E-state index in [0.717, 1.165) is 21.7 Å². The van der Waals surface area contributed by atoms with Gasteiger partial charge in [0, 0.05) is 14.0 Å². The fraction of sp³-hybridized carbons (Fsp3) is 0.333. The Bertz CT molecular complexity index is 560. The van der Waals surface area contributed by atoms with Crippen LogP contribution in [0.2, 0.25) is 0 Å². The molecule has 1 atom stereocenters. The van der Waals surface area contributed by atoms with Gasteiger partial charge in [0.15, 0.2) is 11.5 Å². The van der Waals surface area contributed by atoms with Crippen LogP contribution in [0.15, 0.2) is 22.6 Å². The molecule has 90 valence electrons. The number of rotatable bonds is 2. The summed E-state index contributed by atoms with van der Waals surface area (Å²) in [6.07, 6.45) is 0. The smallest absolute Gasteiger partial charge is 0.243 e. The van der Waals surface area contributed by atoms with Crippen LogP contribution in [0.1, 0.15) is 24.3 Å². The van der Waals surface area contributed by atoms with Crippen molar-refractivity contribution in [3.8, 4) is 0 Å². The third-order valence-corrected chi connectivity index (χ3v) is 2.74. The largest absolute Gasteiger partial charge is 0.441 e. The zero-order valence-corrected chi connectivity index (χ0v) is 10.1. The molecular weight excluding hydrogens is 218 g/mol. The molecule has 5 nitrogen and oxygen atoms in total. The van der Waals surface area contributed by atoms with Crippen molar-refractivity contribution in [3.05, 3.63) is 29.7 Å². The van der Waals surface area contributed by atoms with Gasteiger partial charge in [0.1, 0.15) is 5.52 Å². The second kappa shape index (κ2) is 4.18. The molecule has 17 heavy (non-hydrogen) atoms. The van der Waals surface area contributed by atoms with Crippen molar-refractivity contribution in [2.75, 3.05) is 7.05 Å². The van der Waals surface area contributed by atoms with Gasteiger partial charge in [-0.15, -0.1) is 0 Å². The van der Waals surface area contributed by atoms with Crippen molar-refractivity contribution in [3.63, 3.8) is 0 Å². The van der Waals surface area contributed by atoms with Crippen LogP contribution < -0.4 is 5.84 Å². The van der Waals surface area contributed by atoms with Crippen LogP contribution in [-0.2, 0) is 4.79 Å². The van der Waals surface area contributed by atoms with Crippen molar-refractivity contribution < 1.29 is 9.21 Å². The number of nitrogens with zero attached hydrogens (tertiary/aromatic N) is 2. The third kappa shape index (κ3) is 2.14. The number of benzene rings is 1. The van der Waals surface area contributed by atoms with E-state index in [1.165, 1.54) is 7.05 Å². The Kier molecular flexibility index (Phi) is 2.85. The first-order valence-electron chi connectivity index (χ1n) is 5.38. The molecule has 0 fully saturated rings. The Morgan fingerprint density at radius 1 is 1.53 bits per heavy atom. The molecule has 0 spiro atoms. The summed E-state index contributed by atoms with van der Waals surface area (Å²) in [5.41, 5.74) is 2.37. The molecule has 1 aromatic carbocycles. The average Bonchev–Trinajstić information content (AvgIpc) is 2.65. The molecule has 0 aliphatic heterocycles. The monoisotopic (exact) mass is 233 g/mol. The lowest BCUT2D eigenvalue weighted by molar-refractivity contribution is -0.131. The number of oxazole rings is 1. The normalized spacial score (nSPS) is 12.7. The predicted octanol–water partition coefficient (Wildman–Crippen LogP) is 1.57. The second-order valence-corrected chi connectivity index (χ2v) is 4.13. The number of aryl methyl sites for hydroxylation is 1. The molecule has 0 radical (unpaired) electrons. The van der Waals surface area contributed by atoms with E-state index in [1.54, 1.807) is 6.92 Å². The maximum atomic E-state index is 11.7. The van der Waals surface area contributed by atoms with Gasteiger partial charge in [0.2, 0.25) is 5.91 Å². The molecule has 0 bridgehead atoms. The Balaban J connectivity index is 2.38. The van der Waals surface area contributed by atoms with Gasteiger partial charge in [0.25, 0.3) is 0 Å². The molecule has 5 heteroatoms. The van der Waals surface area contributed by atoms with Gasteiger partial charge < -0.3 is 4.42 Å². The van der Waals surface area contributed by atoms with E-state index in [1.807, 2.05) is 25.1 Å². The topological polar surface area (TPSA) is 72.4 Å². The maximum Gasteiger partial charge on any atom is 0.243 e. The molecule has 0 saturated heterocycles. The molecule has 2 N–H and O–H groups in total. The molecule has 1 amide bonds. The summed E-state index contributed by atoms with van der Waals surface area (Å²) in [5, 5.41) is 1.10. The van der Waals surface area contributed by atoms with Crippen LogP contribution in [0.4, 0.5) is 0 Å². The summed E-state index contributed by atoms with van der Waals surface area (Å²) >= 11 is 0. The summed E-state index contributed by atoms with van der Waals surface area (Å²) < 4.78 is 5.38. The average molecular weight is 233 g/mol. The highest BCUT2D eigenvalue weighted by Crippen LogP contribution is 2.22. The molecule has 2 aromatic rings. The second-order valence-electron chi connectivity index (χ2n) is 4.13. The maximum absolute atomic E-state index is 11.7. The van der Waals surface area contributed by atoms with Gasteiger partial charge >= 0.3 is 0 Å². The number of carbonyl (C=O) groups excluding carboxylic acids is 1.